The molecule has 0 bridgehead atoms. The van der Waals surface area contributed by atoms with Crippen LogP contribution in [0.5, 0.6) is 0 Å². The maximum atomic E-state index is 10.6. The number of rotatable bonds is 0. The van der Waals surface area contributed by atoms with Crippen LogP contribution in [0.3, 0.4) is 0 Å². The van der Waals surface area contributed by atoms with Crippen molar-refractivity contribution in [2.45, 2.75) is 86.6 Å². The lowest BCUT2D eigenvalue weighted by atomic mass is 9.45. The van der Waals surface area contributed by atoms with Crippen molar-refractivity contribution in [3.8, 4) is 0 Å². The molecular formula is C19H30OS2. The summed E-state index contributed by atoms with van der Waals surface area (Å²) in [5, 5.41) is 12.4. The van der Waals surface area contributed by atoms with E-state index in [4.69, 9.17) is 12.6 Å². The van der Waals surface area contributed by atoms with Gasteiger partial charge in [-0.3, -0.25) is 0 Å². The van der Waals surface area contributed by atoms with E-state index in [0.29, 0.717) is 10.2 Å². The summed E-state index contributed by atoms with van der Waals surface area (Å²) in [4.78, 5) is 0. The normalized spacial score (nSPS) is 66.0. The molecule has 124 valence electrons. The number of fused-ring (bicyclic) bond motifs is 6. The van der Waals surface area contributed by atoms with Gasteiger partial charge in [0.05, 0.1) is 6.10 Å². The van der Waals surface area contributed by atoms with Crippen LogP contribution in [0.25, 0.3) is 0 Å². The monoisotopic (exact) mass is 338 g/mol. The van der Waals surface area contributed by atoms with Crippen molar-refractivity contribution >= 4 is 24.4 Å². The molecule has 1 heterocycles. The SMILES string of the molecule is CC12CCC3C(CC[C@@]4(S)C[C@@H]5S[C@@H]5CC34C)C1CCC2O. The van der Waals surface area contributed by atoms with E-state index in [1.54, 1.807) is 0 Å². The van der Waals surface area contributed by atoms with Crippen molar-refractivity contribution in [3.63, 3.8) is 0 Å². The molecule has 1 saturated heterocycles. The molecule has 0 radical (unpaired) electrons. The molecular weight excluding hydrogens is 308 g/mol. The highest BCUT2D eigenvalue weighted by atomic mass is 32.2. The molecule has 4 aliphatic carbocycles. The predicted octanol–water partition coefficient (Wildman–Crippen LogP) is 4.54. The molecule has 22 heavy (non-hydrogen) atoms. The van der Waals surface area contributed by atoms with Gasteiger partial charge in [-0.2, -0.15) is 24.4 Å². The Morgan fingerprint density at radius 3 is 2.55 bits per heavy atom. The molecule has 0 aromatic rings. The van der Waals surface area contributed by atoms with Crippen molar-refractivity contribution in [1.82, 2.24) is 0 Å². The lowest BCUT2D eigenvalue weighted by Gasteiger charge is -2.63. The number of hydrogen-bond acceptors (Lipinski definition) is 3. The fourth-order valence-corrected chi connectivity index (χ4v) is 9.54. The van der Waals surface area contributed by atoms with E-state index in [-0.39, 0.29) is 11.5 Å². The van der Waals surface area contributed by atoms with Crippen LogP contribution < -0.4 is 0 Å². The van der Waals surface area contributed by atoms with E-state index in [1.165, 1.54) is 44.9 Å². The second-order valence-corrected chi connectivity index (χ2v) is 12.0. The number of aliphatic hydroxyl groups is 1. The smallest absolute Gasteiger partial charge is 0.0596 e. The lowest BCUT2D eigenvalue weighted by molar-refractivity contribution is -0.106. The Bertz CT molecular complexity index is 510. The Kier molecular flexibility index (Phi) is 3.01. The summed E-state index contributed by atoms with van der Waals surface area (Å²) in [5.74, 6) is 2.51. The summed E-state index contributed by atoms with van der Waals surface area (Å²) in [6, 6.07) is 0. The zero-order valence-corrected chi connectivity index (χ0v) is 15.6. The molecule has 0 amide bonds. The predicted molar refractivity (Wildman–Crippen MR) is 96.5 cm³/mol. The van der Waals surface area contributed by atoms with Crippen molar-refractivity contribution in [3.05, 3.63) is 0 Å². The maximum absolute atomic E-state index is 10.6. The van der Waals surface area contributed by atoms with E-state index in [9.17, 15) is 5.11 Å². The second kappa shape index (κ2) is 4.43. The first-order chi connectivity index (χ1) is 10.4. The summed E-state index contributed by atoms with van der Waals surface area (Å²) in [6.45, 7) is 4.99. The molecule has 9 atom stereocenters. The Balaban J connectivity index is 1.51. The van der Waals surface area contributed by atoms with Gasteiger partial charge >= 0.3 is 0 Å². The van der Waals surface area contributed by atoms with E-state index in [2.05, 4.69) is 25.6 Å². The molecule has 0 spiro atoms. The quantitative estimate of drug-likeness (QED) is 0.500. The third-order valence-corrected chi connectivity index (χ3v) is 11.3. The molecule has 5 rings (SSSR count). The summed E-state index contributed by atoms with van der Waals surface area (Å²) in [5.41, 5.74) is 0.665. The number of thioether (sulfide) groups is 1. The van der Waals surface area contributed by atoms with E-state index < -0.39 is 0 Å². The molecule has 1 aliphatic heterocycles. The van der Waals surface area contributed by atoms with Gasteiger partial charge in [0, 0.05) is 15.2 Å². The third kappa shape index (κ3) is 1.69. The summed E-state index contributed by atoms with van der Waals surface area (Å²) < 4.78 is 0.295. The van der Waals surface area contributed by atoms with Crippen LogP contribution in [0.4, 0.5) is 0 Å². The molecule has 0 aromatic heterocycles. The van der Waals surface area contributed by atoms with Crippen molar-refractivity contribution in [1.29, 1.82) is 0 Å². The largest absolute Gasteiger partial charge is 0.393 e. The van der Waals surface area contributed by atoms with Crippen LogP contribution in [-0.2, 0) is 0 Å². The first-order valence-electron chi connectivity index (χ1n) is 9.43. The highest BCUT2D eigenvalue weighted by molar-refractivity contribution is 8.07. The number of aliphatic hydroxyl groups excluding tert-OH is 1. The van der Waals surface area contributed by atoms with Crippen LogP contribution in [0, 0.1) is 28.6 Å². The van der Waals surface area contributed by atoms with Crippen LogP contribution >= 0.6 is 24.4 Å². The summed E-state index contributed by atoms with van der Waals surface area (Å²) >= 11 is 7.57. The minimum Gasteiger partial charge on any atom is -0.393 e. The van der Waals surface area contributed by atoms with Crippen LogP contribution in [0.2, 0.25) is 0 Å². The Morgan fingerprint density at radius 1 is 0.955 bits per heavy atom. The first-order valence-corrected chi connectivity index (χ1v) is 10.8. The number of thiol groups is 1. The molecule has 5 fully saturated rings. The highest BCUT2D eigenvalue weighted by Gasteiger charge is 2.67. The van der Waals surface area contributed by atoms with E-state index >= 15 is 0 Å². The molecule has 5 aliphatic rings. The lowest BCUT2D eigenvalue weighted by Crippen LogP contribution is -2.60. The highest BCUT2D eigenvalue weighted by Crippen LogP contribution is 2.72. The molecule has 6 unspecified atom stereocenters. The van der Waals surface area contributed by atoms with Gasteiger partial charge in [-0.15, -0.1) is 0 Å². The maximum Gasteiger partial charge on any atom is 0.0596 e. The summed E-state index contributed by atoms with van der Waals surface area (Å²) in [6.07, 6.45) is 10.3. The minimum atomic E-state index is -0.0383. The molecule has 1 N–H and O–H groups in total. The minimum absolute atomic E-state index is 0.0383. The fraction of sp³-hybridized carbons (Fsp3) is 1.00. The molecule has 0 aromatic carbocycles. The Labute approximate surface area is 144 Å². The standard InChI is InChI=1S/C19H30OS2/c1-17-7-6-13-11(12(17)3-4-16(17)20)5-8-19(21)10-15-14(22-15)9-18(13,19)2/h11-16,20-21H,3-10H2,1-2H3/t11?,12?,13?,14-,15+,16?,17?,18?,19-/m1/s1. The number of hydrogen-bond donors (Lipinski definition) is 2. The van der Waals surface area contributed by atoms with Gasteiger partial charge < -0.3 is 5.11 Å². The second-order valence-electron chi connectivity index (χ2n) is 9.62. The van der Waals surface area contributed by atoms with Gasteiger partial charge in [-0.25, -0.2) is 0 Å². The van der Waals surface area contributed by atoms with Crippen molar-refractivity contribution < 1.29 is 5.11 Å². The van der Waals surface area contributed by atoms with Gasteiger partial charge in [0.25, 0.3) is 0 Å². The zero-order chi connectivity index (χ0) is 15.3. The van der Waals surface area contributed by atoms with Crippen LogP contribution in [-0.4, -0.2) is 26.5 Å². The van der Waals surface area contributed by atoms with E-state index in [0.717, 1.165) is 34.7 Å². The van der Waals surface area contributed by atoms with Gasteiger partial charge in [0.2, 0.25) is 0 Å². The van der Waals surface area contributed by atoms with Gasteiger partial charge in [-0.1, -0.05) is 13.8 Å². The van der Waals surface area contributed by atoms with Gasteiger partial charge in [0.1, 0.15) is 0 Å². The molecule has 4 saturated carbocycles. The van der Waals surface area contributed by atoms with Crippen LogP contribution in [0.1, 0.15) is 65.2 Å². The molecule has 1 nitrogen and oxygen atoms in total. The average Bonchev–Trinajstić information content (AvgIpc) is 3.12. The summed E-state index contributed by atoms with van der Waals surface area (Å²) in [7, 11) is 0. The van der Waals surface area contributed by atoms with Crippen molar-refractivity contribution in [2.24, 2.45) is 28.6 Å². The van der Waals surface area contributed by atoms with Gasteiger partial charge in [0.15, 0.2) is 0 Å². The topological polar surface area (TPSA) is 20.2 Å². The fourth-order valence-electron chi connectivity index (χ4n) is 7.46. The average molecular weight is 339 g/mol. The first kappa shape index (κ1) is 15.0. The van der Waals surface area contributed by atoms with Crippen LogP contribution in [0.15, 0.2) is 0 Å². The zero-order valence-electron chi connectivity index (χ0n) is 13.9. The van der Waals surface area contributed by atoms with Crippen molar-refractivity contribution in [2.75, 3.05) is 0 Å². The molecule has 3 heteroatoms. The third-order valence-electron chi connectivity index (χ3n) is 9.01. The Morgan fingerprint density at radius 2 is 1.73 bits per heavy atom. The Hall–Kier alpha value is 0.660. The van der Waals surface area contributed by atoms with E-state index in [1.807, 2.05) is 0 Å². The van der Waals surface area contributed by atoms with Gasteiger partial charge in [-0.05, 0) is 80.0 Å².